The molecule has 2 aromatic rings. The van der Waals surface area contributed by atoms with Crippen molar-refractivity contribution in [2.75, 3.05) is 6.61 Å². The van der Waals surface area contributed by atoms with Gasteiger partial charge in [-0.3, -0.25) is 0 Å². The summed E-state index contributed by atoms with van der Waals surface area (Å²) in [5.41, 5.74) is 2.34. The molecule has 4 heteroatoms. The Bertz CT molecular complexity index is 783. The third-order valence-electron chi connectivity index (χ3n) is 4.31. The Balaban J connectivity index is 1.89. The van der Waals surface area contributed by atoms with Gasteiger partial charge < -0.3 is 0 Å². The molecule has 1 heterocycles. The molecule has 3 nitrogen and oxygen atoms in total. The van der Waals surface area contributed by atoms with Gasteiger partial charge in [-0.2, -0.15) is 0 Å². The van der Waals surface area contributed by atoms with Crippen molar-refractivity contribution in [3.63, 3.8) is 0 Å². The van der Waals surface area contributed by atoms with Gasteiger partial charge in [0, 0.05) is 0 Å². The summed E-state index contributed by atoms with van der Waals surface area (Å²) >= 11 is 0.0467. The monoisotopic (exact) mass is 416 g/mol. The fourth-order valence-electron chi connectivity index (χ4n) is 2.88. The second-order valence-corrected chi connectivity index (χ2v) is 8.67. The molecule has 0 bridgehead atoms. The van der Waals surface area contributed by atoms with E-state index in [0.29, 0.717) is 18.8 Å². The summed E-state index contributed by atoms with van der Waals surface area (Å²) in [5, 5.41) is 0. The van der Waals surface area contributed by atoms with E-state index in [2.05, 4.69) is 38.1 Å². The Morgan fingerprint density at radius 3 is 2.62 bits per heavy atom. The summed E-state index contributed by atoms with van der Waals surface area (Å²) in [4.78, 5) is 12.2. The SMILES string of the molecule is CCCCC(=O)OC1=C([Se]c2ccccc2)C(c2ccccc2C)OC1. The first-order chi connectivity index (χ1) is 12.7. The van der Waals surface area contributed by atoms with Gasteiger partial charge in [-0.25, -0.2) is 0 Å². The quantitative estimate of drug-likeness (QED) is 0.506. The van der Waals surface area contributed by atoms with Gasteiger partial charge >= 0.3 is 161 Å². The summed E-state index contributed by atoms with van der Waals surface area (Å²) in [6.45, 7) is 4.53. The molecule has 3 rings (SSSR count). The Labute approximate surface area is 161 Å². The van der Waals surface area contributed by atoms with Crippen molar-refractivity contribution in [3.05, 3.63) is 76.0 Å². The molecule has 2 aromatic carbocycles. The molecule has 0 aliphatic carbocycles. The molecule has 1 unspecified atom stereocenters. The molecule has 0 N–H and O–H groups in total. The number of hydrogen-bond acceptors (Lipinski definition) is 3. The van der Waals surface area contributed by atoms with Gasteiger partial charge in [-0.15, -0.1) is 0 Å². The minimum absolute atomic E-state index is 0.0467. The average molecular weight is 415 g/mol. The van der Waals surface area contributed by atoms with E-state index in [1.807, 2.05) is 30.3 Å². The van der Waals surface area contributed by atoms with E-state index in [0.717, 1.165) is 22.9 Å². The molecule has 0 radical (unpaired) electrons. The van der Waals surface area contributed by atoms with Crippen LogP contribution < -0.4 is 4.46 Å². The fraction of sp³-hybridized carbons (Fsp3) is 0.318. The van der Waals surface area contributed by atoms with Gasteiger partial charge in [0.25, 0.3) is 0 Å². The zero-order valence-corrected chi connectivity index (χ0v) is 16.9. The summed E-state index contributed by atoms with van der Waals surface area (Å²) in [7, 11) is 0. The molecule has 0 saturated carbocycles. The number of carbonyl (C=O) groups excluding carboxylic acids is 1. The van der Waals surface area contributed by atoms with Gasteiger partial charge in [0.1, 0.15) is 0 Å². The molecule has 0 aromatic heterocycles. The van der Waals surface area contributed by atoms with Crippen molar-refractivity contribution >= 4 is 25.4 Å². The first kappa shape index (κ1) is 18.9. The van der Waals surface area contributed by atoms with E-state index in [9.17, 15) is 4.79 Å². The van der Waals surface area contributed by atoms with Crippen LogP contribution >= 0.6 is 0 Å². The first-order valence-electron chi connectivity index (χ1n) is 9.02. The second-order valence-electron chi connectivity index (χ2n) is 6.33. The Hall–Kier alpha value is -1.87. The summed E-state index contributed by atoms with van der Waals surface area (Å²) < 4.78 is 14.2. The molecular formula is C22H24O3Se. The van der Waals surface area contributed by atoms with E-state index in [1.54, 1.807) is 0 Å². The third kappa shape index (κ3) is 4.64. The molecular weight excluding hydrogens is 391 g/mol. The van der Waals surface area contributed by atoms with Gasteiger partial charge in [0.15, 0.2) is 0 Å². The van der Waals surface area contributed by atoms with Crippen LogP contribution in [0.1, 0.15) is 43.4 Å². The van der Waals surface area contributed by atoms with Gasteiger partial charge in [-0.05, 0) is 0 Å². The van der Waals surface area contributed by atoms with Gasteiger partial charge in [0.2, 0.25) is 0 Å². The number of hydrogen-bond donors (Lipinski definition) is 0. The number of aryl methyl sites for hydroxylation is 1. The number of benzene rings is 2. The molecule has 26 heavy (non-hydrogen) atoms. The van der Waals surface area contributed by atoms with E-state index >= 15 is 0 Å². The van der Waals surface area contributed by atoms with Crippen molar-refractivity contribution in [3.8, 4) is 0 Å². The Morgan fingerprint density at radius 2 is 1.88 bits per heavy atom. The van der Waals surface area contributed by atoms with Gasteiger partial charge in [-0.1, -0.05) is 0 Å². The maximum absolute atomic E-state index is 12.2. The Kier molecular flexibility index (Phi) is 6.67. The number of ether oxygens (including phenoxy) is 2. The number of esters is 1. The van der Waals surface area contributed by atoms with Crippen molar-refractivity contribution in [1.29, 1.82) is 0 Å². The maximum atomic E-state index is 12.2. The zero-order chi connectivity index (χ0) is 18.4. The van der Waals surface area contributed by atoms with E-state index in [4.69, 9.17) is 9.47 Å². The average Bonchev–Trinajstić information content (AvgIpc) is 3.03. The predicted molar refractivity (Wildman–Crippen MR) is 104 cm³/mol. The normalized spacial score (nSPS) is 16.8. The third-order valence-corrected chi connectivity index (χ3v) is 6.76. The molecule has 0 fully saturated rings. The van der Waals surface area contributed by atoms with Crippen molar-refractivity contribution in [2.24, 2.45) is 0 Å². The molecule has 1 aliphatic rings. The van der Waals surface area contributed by atoms with Crippen LogP contribution in [-0.2, 0) is 14.3 Å². The van der Waals surface area contributed by atoms with E-state index in [-0.39, 0.29) is 27.0 Å². The molecule has 136 valence electrons. The van der Waals surface area contributed by atoms with Crippen molar-refractivity contribution < 1.29 is 14.3 Å². The van der Waals surface area contributed by atoms with Crippen molar-refractivity contribution in [1.82, 2.24) is 0 Å². The summed E-state index contributed by atoms with van der Waals surface area (Å²) in [5.74, 6) is 0.556. The second kappa shape index (κ2) is 9.18. The topological polar surface area (TPSA) is 35.5 Å². The fourth-order valence-corrected chi connectivity index (χ4v) is 5.11. The van der Waals surface area contributed by atoms with Crippen LogP contribution in [0.4, 0.5) is 0 Å². The van der Waals surface area contributed by atoms with Crippen LogP contribution in [0.5, 0.6) is 0 Å². The molecule has 0 amide bonds. The van der Waals surface area contributed by atoms with Crippen LogP contribution in [0.15, 0.2) is 64.8 Å². The first-order valence-corrected chi connectivity index (χ1v) is 10.7. The Morgan fingerprint density at radius 1 is 1.15 bits per heavy atom. The van der Waals surface area contributed by atoms with E-state index in [1.165, 1.54) is 10.0 Å². The van der Waals surface area contributed by atoms with Crippen LogP contribution in [0, 0.1) is 6.92 Å². The number of carbonyl (C=O) groups is 1. The van der Waals surface area contributed by atoms with Gasteiger partial charge in [0.05, 0.1) is 0 Å². The zero-order valence-electron chi connectivity index (χ0n) is 15.2. The summed E-state index contributed by atoms with van der Waals surface area (Å²) in [6, 6.07) is 18.6. The minimum atomic E-state index is -0.155. The number of unbranched alkanes of at least 4 members (excludes halogenated alkanes) is 1. The summed E-state index contributed by atoms with van der Waals surface area (Å²) in [6.07, 6.45) is 2.16. The predicted octanol–water partition coefficient (Wildman–Crippen LogP) is 4.04. The molecule has 1 aliphatic heterocycles. The molecule has 0 spiro atoms. The standard InChI is InChI=1S/C22H24O3Se/c1-3-4-14-20(23)25-19-15-24-21(18-13-9-8-10-16(18)2)22(19)26-17-11-6-5-7-12-17/h5-13,21H,3-4,14-15H2,1-2H3. The van der Waals surface area contributed by atoms with Crippen LogP contribution in [0.25, 0.3) is 0 Å². The van der Waals surface area contributed by atoms with Crippen molar-refractivity contribution in [2.45, 2.75) is 39.2 Å². The van der Waals surface area contributed by atoms with Crippen LogP contribution in [0.2, 0.25) is 0 Å². The number of rotatable bonds is 7. The molecule has 1 atom stereocenters. The van der Waals surface area contributed by atoms with Crippen LogP contribution in [-0.4, -0.2) is 27.5 Å². The molecule has 0 saturated heterocycles. The van der Waals surface area contributed by atoms with Crippen LogP contribution in [0.3, 0.4) is 0 Å². The van der Waals surface area contributed by atoms with E-state index < -0.39 is 0 Å².